The Morgan fingerprint density at radius 3 is 2.59 bits per heavy atom. The average Bonchev–Trinajstić information content (AvgIpc) is 3.26. The fourth-order valence-corrected chi connectivity index (χ4v) is 3.47. The van der Waals surface area contributed by atoms with Gasteiger partial charge in [0.25, 0.3) is 5.91 Å². The first kappa shape index (κ1) is 20.9. The van der Waals surface area contributed by atoms with Gasteiger partial charge >= 0.3 is 0 Å². The third kappa shape index (κ3) is 6.34. The molecule has 0 spiro atoms. The third-order valence-corrected chi connectivity index (χ3v) is 5.05. The van der Waals surface area contributed by atoms with Crippen LogP contribution in [0.3, 0.4) is 0 Å². The number of benzene rings is 2. The SMILES string of the molecule is CC(C)COc1cccc(C(=O)NCc2cccc(NC(=O)C3CCCC3)c2)c1. The Labute approximate surface area is 172 Å². The van der Waals surface area contributed by atoms with Crippen LogP contribution >= 0.6 is 0 Å². The van der Waals surface area contributed by atoms with Gasteiger partial charge in [0.2, 0.25) is 5.91 Å². The van der Waals surface area contributed by atoms with Crippen molar-refractivity contribution in [1.29, 1.82) is 0 Å². The van der Waals surface area contributed by atoms with Gasteiger partial charge in [-0.3, -0.25) is 9.59 Å². The summed E-state index contributed by atoms with van der Waals surface area (Å²) in [4.78, 5) is 24.8. The van der Waals surface area contributed by atoms with Crippen LogP contribution in [0.2, 0.25) is 0 Å². The number of carbonyl (C=O) groups is 2. The average molecular weight is 395 g/mol. The molecule has 0 bridgehead atoms. The van der Waals surface area contributed by atoms with Gasteiger partial charge < -0.3 is 15.4 Å². The molecule has 0 radical (unpaired) electrons. The Kier molecular flexibility index (Phi) is 7.28. The van der Waals surface area contributed by atoms with Gasteiger partial charge in [-0.2, -0.15) is 0 Å². The molecule has 0 heterocycles. The predicted octanol–water partition coefficient (Wildman–Crippen LogP) is 4.78. The Bertz CT molecular complexity index is 842. The molecule has 5 nitrogen and oxygen atoms in total. The van der Waals surface area contributed by atoms with Crippen LogP contribution in [0.5, 0.6) is 5.75 Å². The molecule has 1 saturated carbocycles. The van der Waals surface area contributed by atoms with Crippen LogP contribution in [-0.4, -0.2) is 18.4 Å². The second-order valence-corrected chi connectivity index (χ2v) is 8.09. The van der Waals surface area contributed by atoms with Crippen LogP contribution in [0.4, 0.5) is 5.69 Å². The Morgan fingerprint density at radius 2 is 1.83 bits per heavy atom. The molecule has 0 aliphatic heterocycles. The zero-order chi connectivity index (χ0) is 20.6. The van der Waals surface area contributed by atoms with Crippen molar-refractivity contribution in [2.24, 2.45) is 11.8 Å². The van der Waals surface area contributed by atoms with Gasteiger partial charge in [-0.25, -0.2) is 0 Å². The van der Waals surface area contributed by atoms with Crippen LogP contribution < -0.4 is 15.4 Å². The zero-order valence-corrected chi connectivity index (χ0v) is 17.2. The molecule has 2 amide bonds. The summed E-state index contributed by atoms with van der Waals surface area (Å²) < 4.78 is 5.70. The normalized spacial score (nSPS) is 14.0. The molecule has 0 unspecified atom stereocenters. The largest absolute Gasteiger partial charge is 0.493 e. The van der Waals surface area contributed by atoms with E-state index >= 15 is 0 Å². The maximum absolute atomic E-state index is 12.5. The van der Waals surface area contributed by atoms with E-state index in [4.69, 9.17) is 4.74 Å². The van der Waals surface area contributed by atoms with Crippen molar-refractivity contribution < 1.29 is 14.3 Å². The maximum Gasteiger partial charge on any atom is 0.251 e. The molecule has 3 rings (SSSR count). The molecule has 0 aromatic heterocycles. The quantitative estimate of drug-likeness (QED) is 0.677. The number of ether oxygens (including phenoxy) is 1. The minimum Gasteiger partial charge on any atom is -0.493 e. The van der Waals surface area contributed by atoms with Gasteiger partial charge in [-0.15, -0.1) is 0 Å². The monoisotopic (exact) mass is 394 g/mol. The standard InChI is InChI=1S/C24H30N2O3/c1-17(2)16-29-22-12-6-10-20(14-22)23(27)25-15-18-7-5-11-21(13-18)26-24(28)19-8-3-4-9-19/h5-7,10-14,17,19H,3-4,8-9,15-16H2,1-2H3,(H,25,27)(H,26,28). The van der Waals surface area contributed by atoms with Gasteiger partial charge in [0.15, 0.2) is 0 Å². The number of amides is 2. The summed E-state index contributed by atoms with van der Waals surface area (Å²) in [5.74, 6) is 1.20. The maximum atomic E-state index is 12.5. The molecule has 2 aromatic rings. The predicted molar refractivity (Wildman–Crippen MR) is 115 cm³/mol. The summed E-state index contributed by atoms with van der Waals surface area (Å²) in [6.45, 7) is 5.18. The Hall–Kier alpha value is -2.82. The fraction of sp³-hybridized carbons (Fsp3) is 0.417. The number of carbonyl (C=O) groups excluding carboxylic acids is 2. The summed E-state index contributed by atoms with van der Waals surface area (Å²) in [6.07, 6.45) is 4.21. The van der Waals surface area contributed by atoms with Crippen molar-refractivity contribution in [1.82, 2.24) is 5.32 Å². The Balaban J connectivity index is 1.55. The van der Waals surface area contributed by atoms with Crippen molar-refractivity contribution >= 4 is 17.5 Å². The van der Waals surface area contributed by atoms with Crippen LogP contribution in [0.15, 0.2) is 48.5 Å². The number of rotatable bonds is 8. The van der Waals surface area contributed by atoms with Gasteiger partial charge in [-0.05, 0) is 54.7 Å². The highest BCUT2D eigenvalue weighted by Crippen LogP contribution is 2.26. The molecule has 2 aromatic carbocycles. The smallest absolute Gasteiger partial charge is 0.251 e. The second kappa shape index (κ2) is 10.1. The molecule has 0 atom stereocenters. The number of anilines is 1. The van der Waals surface area contributed by atoms with E-state index in [1.54, 1.807) is 12.1 Å². The first-order valence-corrected chi connectivity index (χ1v) is 10.4. The van der Waals surface area contributed by atoms with E-state index in [1.165, 1.54) is 0 Å². The summed E-state index contributed by atoms with van der Waals surface area (Å²) >= 11 is 0. The molecule has 5 heteroatoms. The molecule has 154 valence electrons. The van der Waals surface area contributed by atoms with Gasteiger partial charge in [-0.1, -0.05) is 44.9 Å². The highest BCUT2D eigenvalue weighted by Gasteiger charge is 2.22. The highest BCUT2D eigenvalue weighted by molar-refractivity contribution is 5.94. The van der Waals surface area contributed by atoms with Gasteiger partial charge in [0.1, 0.15) is 5.75 Å². The van der Waals surface area contributed by atoms with Crippen molar-refractivity contribution in [3.63, 3.8) is 0 Å². The summed E-state index contributed by atoms with van der Waals surface area (Å²) in [5, 5.41) is 5.94. The minimum atomic E-state index is -0.152. The molecule has 29 heavy (non-hydrogen) atoms. The van der Waals surface area contributed by atoms with Crippen LogP contribution in [0.1, 0.15) is 55.5 Å². The topological polar surface area (TPSA) is 67.4 Å². The molecular weight excluding hydrogens is 364 g/mol. The van der Waals surface area contributed by atoms with E-state index in [9.17, 15) is 9.59 Å². The molecule has 1 aliphatic rings. The first-order chi connectivity index (χ1) is 14.0. The van der Waals surface area contributed by atoms with E-state index in [0.29, 0.717) is 30.4 Å². The first-order valence-electron chi connectivity index (χ1n) is 10.4. The minimum absolute atomic E-state index is 0.0990. The van der Waals surface area contributed by atoms with Gasteiger partial charge in [0.05, 0.1) is 6.61 Å². The lowest BCUT2D eigenvalue weighted by Gasteiger charge is -2.12. The van der Waals surface area contributed by atoms with Crippen LogP contribution in [-0.2, 0) is 11.3 Å². The van der Waals surface area contributed by atoms with E-state index in [0.717, 1.165) is 36.9 Å². The Morgan fingerprint density at radius 1 is 1.07 bits per heavy atom. The number of hydrogen-bond acceptors (Lipinski definition) is 3. The summed E-state index contributed by atoms with van der Waals surface area (Å²) in [6, 6.07) is 14.8. The van der Waals surface area contributed by atoms with Gasteiger partial charge in [0, 0.05) is 23.7 Å². The third-order valence-electron chi connectivity index (χ3n) is 5.05. The van der Waals surface area contributed by atoms with Crippen molar-refractivity contribution in [2.45, 2.75) is 46.1 Å². The van der Waals surface area contributed by atoms with E-state index < -0.39 is 0 Å². The summed E-state index contributed by atoms with van der Waals surface area (Å²) in [7, 11) is 0. The molecule has 1 fully saturated rings. The lowest BCUT2D eigenvalue weighted by molar-refractivity contribution is -0.119. The number of nitrogens with one attached hydrogen (secondary N) is 2. The van der Waals surface area contributed by atoms with Crippen molar-refractivity contribution in [3.05, 3.63) is 59.7 Å². The fourth-order valence-electron chi connectivity index (χ4n) is 3.47. The highest BCUT2D eigenvalue weighted by atomic mass is 16.5. The summed E-state index contributed by atoms with van der Waals surface area (Å²) in [5.41, 5.74) is 2.28. The molecular formula is C24H30N2O3. The van der Waals surface area contributed by atoms with E-state index in [2.05, 4.69) is 24.5 Å². The van der Waals surface area contributed by atoms with E-state index in [-0.39, 0.29) is 17.7 Å². The molecule has 0 saturated heterocycles. The second-order valence-electron chi connectivity index (χ2n) is 8.09. The lowest BCUT2D eigenvalue weighted by Crippen LogP contribution is -2.23. The van der Waals surface area contributed by atoms with Crippen molar-refractivity contribution in [2.75, 3.05) is 11.9 Å². The van der Waals surface area contributed by atoms with Crippen LogP contribution in [0.25, 0.3) is 0 Å². The number of hydrogen-bond donors (Lipinski definition) is 2. The molecule has 2 N–H and O–H groups in total. The lowest BCUT2D eigenvalue weighted by atomic mass is 10.1. The van der Waals surface area contributed by atoms with Crippen LogP contribution in [0, 0.1) is 11.8 Å². The zero-order valence-electron chi connectivity index (χ0n) is 17.2. The molecule has 1 aliphatic carbocycles. The van der Waals surface area contributed by atoms with E-state index in [1.807, 2.05) is 36.4 Å². The van der Waals surface area contributed by atoms with Crippen molar-refractivity contribution in [3.8, 4) is 5.75 Å².